The van der Waals surface area contributed by atoms with Crippen LogP contribution in [0.15, 0.2) is 84.9 Å². The third kappa shape index (κ3) is 5.13. The van der Waals surface area contributed by atoms with E-state index in [0.717, 1.165) is 6.42 Å². The normalized spacial score (nSPS) is 10.8. The first-order valence-corrected chi connectivity index (χ1v) is 10.7. The fraction of sp³-hybridized carbons (Fsp3) is 0.111. The van der Waals surface area contributed by atoms with Gasteiger partial charge in [0.2, 0.25) is 0 Å². The van der Waals surface area contributed by atoms with E-state index in [1.165, 1.54) is 23.3 Å². The molecule has 4 rings (SSSR count). The lowest BCUT2D eigenvalue weighted by atomic mass is 9.89. The average molecular weight is 443 g/mol. The second-order valence-corrected chi connectivity index (χ2v) is 7.74. The van der Waals surface area contributed by atoms with Crippen LogP contribution < -0.4 is 20.9 Å². The summed E-state index contributed by atoms with van der Waals surface area (Å²) < 4.78 is 11.6. The summed E-state index contributed by atoms with van der Waals surface area (Å²) in [6.45, 7) is 2.15. The molecule has 0 aliphatic rings. The minimum atomic E-state index is -0.00390. The van der Waals surface area contributed by atoms with Crippen LogP contribution in [0.5, 0.6) is 34.5 Å². The summed E-state index contributed by atoms with van der Waals surface area (Å²) in [7, 11) is 0. The molecule has 0 spiro atoms. The molecule has 6 nitrogen and oxygen atoms in total. The van der Waals surface area contributed by atoms with E-state index in [-0.39, 0.29) is 17.4 Å². The number of phenolic OH excluding ortho intramolecular Hbond substituents is 2. The Labute approximate surface area is 192 Å². The van der Waals surface area contributed by atoms with Crippen molar-refractivity contribution in [1.29, 1.82) is 0 Å². The maximum Gasteiger partial charge on any atom is 0.142 e. The van der Waals surface area contributed by atoms with Crippen molar-refractivity contribution in [3.63, 3.8) is 0 Å². The zero-order valence-electron chi connectivity index (χ0n) is 18.2. The summed E-state index contributed by atoms with van der Waals surface area (Å²) in [5, 5.41) is 19.5. The van der Waals surface area contributed by atoms with E-state index in [2.05, 4.69) is 6.92 Å². The molecule has 6 heteroatoms. The molecule has 0 aliphatic carbocycles. The molecular formula is C27H26N2O4. The van der Waals surface area contributed by atoms with Crippen molar-refractivity contribution in [3.8, 4) is 34.5 Å². The van der Waals surface area contributed by atoms with E-state index < -0.39 is 0 Å². The van der Waals surface area contributed by atoms with Crippen molar-refractivity contribution >= 4 is 11.4 Å². The molecule has 0 bridgehead atoms. The smallest absolute Gasteiger partial charge is 0.142 e. The second-order valence-electron chi connectivity index (χ2n) is 7.74. The van der Waals surface area contributed by atoms with Gasteiger partial charge in [-0.3, -0.25) is 0 Å². The Morgan fingerprint density at radius 3 is 1.30 bits per heavy atom. The SMILES string of the molecule is CCC(c1ccc(Oc2ccc(N)c(O)c2)cc1)c1ccc(Oc2ccc(N)c(O)c2)cc1. The molecule has 4 aromatic carbocycles. The van der Waals surface area contributed by atoms with Gasteiger partial charge in [0.15, 0.2) is 0 Å². The minimum Gasteiger partial charge on any atom is -0.506 e. The molecule has 0 aliphatic heterocycles. The molecule has 4 aromatic rings. The summed E-state index contributed by atoms with van der Waals surface area (Å²) in [6.07, 6.45) is 0.929. The van der Waals surface area contributed by atoms with Crippen molar-refractivity contribution in [1.82, 2.24) is 0 Å². The first-order chi connectivity index (χ1) is 15.9. The molecule has 0 amide bonds. The number of nitrogens with two attached hydrogens (primary N) is 2. The molecule has 168 valence electrons. The predicted octanol–water partition coefficient (Wildman–Crippen LogP) is 6.39. The van der Waals surface area contributed by atoms with Crippen molar-refractivity contribution < 1.29 is 19.7 Å². The van der Waals surface area contributed by atoms with E-state index in [1.54, 1.807) is 24.3 Å². The fourth-order valence-corrected chi connectivity index (χ4v) is 3.65. The number of aromatic hydroxyl groups is 2. The fourth-order valence-electron chi connectivity index (χ4n) is 3.65. The molecule has 0 aromatic heterocycles. The Morgan fingerprint density at radius 2 is 0.970 bits per heavy atom. The molecule has 0 radical (unpaired) electrons. The topological polar surface area (TPSA) is 111 Å². The van der Waals surface area contributed by atoms with Crippen molar-refractivity contribution in [2.24, 2.45) is 0 Å². The Kier molecular flexibility index (Phi) is 6.26. The van der Waals surface area contributed by atoms with Crippen molar-refractivity contribution in [2.45, 2.75) is 19.3 Å². The third-order valence-corrected chi connectivity index (χ3v) is 5.45. The average Bonchev–Trinajstić information content (AvgIpc) is 2.81. The number of rotatable bonds is 7. The Morgan fingerprint density at radius 1 is 0.606 bits per heavy atom. The van der Waals surface area contributed by atoms with Gasteiger partial charge in [0.1, 0.15) is 34.5 Å². The number of benzene rings is 4. The Bertz CT molecular complexity index is 1140. The lowest BCUT2D eigenvalue weighted by Gasteiger charge is -2.17. The summed E-state index contributed by atoms with van der Waals surface area (Å²) in [6, 6.07) is 25.5. The second kappa shape index (κ2) is 9.44. The number of phenols is 2. The van der Waals surface area contributed by atoms with E-state index in [0.29, 0.717) is 34.4 Å². The van der Waals surface area contributed by atoms with Crippen LogP contribution in [0.2, 0.25) is 0 Å². The monoisotopic (exact) mass is 442 g/mol. The van der Waals surface area contributed by atoms with E-state index in [1.807, 2.05) is 48.5 Å². The van der Waals surface area contributed by atoms with Crippen LogP contribution in [0.1, 0.15) is 30.4 Å². The van der Waals surface area contributed by atoms with Crippen LogP contribution in [0.3, 0.4) is 0 Å². The zero-order valence-corrected chi connectivity index (χ0v) is 18.2. The van der Waals surface area contributed by atoms with Crippen molar-refractivity contribution in [3.05, 3.63) is 96.1 Å². The van der Waals surface area contributed by atoms with Gasteiger partial charge in [0, 0.05) is 18.1 Å². The lowest BCUT2D eigenvalue weighted by Crippen LogP contribution is -2.00. The molecule has 0 fully saturated rings. The Balaban J connectivity index is 1.46. The van der Waals surface area contributed by atoms with Gasteiger partial charge >= 0.3 is 0 Å². The molecule has 0 saturated carbocycles. The van der Waals surface area contributed by atoms with Crippen molar-refractivity contribution in [2.75, 3.05) is 11.5 Å². The van der Waals surface area contributed by atoms with Gasteiger partial charge in [-0.15, -0.1) is 0 Å². The number of anilines is 2. The van der Waals surface area contributed by atoms with E-state index >= 15 is 0 Å². The summed E-state index contributed by atoms with van der Waals surface area (Å²) >= 11 is 0. The zero-order chi connectivity index (χ0) is 23.4. The molecule has 33 heavy (non-hydrogen) atoms. The first kappa shape index (κ1) is 21.9. The molecule has 6 N–H and O–H groups in total. The van der Waals surface area contributed by atoms with E-state index in [9.17, 15) is 10.2 Å². The van der Waals surface area contributed by atoms with Gasteiger partial charge in [-0.1, -0.05) is 31.2 Å². The van der Waals surface area contributed by atoms with Crippen LogP contribution >= 0.6 is 0 Å². The largest absolute Gasteiger partial charge is 0.506 e. The standard InChI is InChI=1S/C27H26N2O4/c1-2-23(17-3-7-19(8-4-17)32-21-11-13-24(28)26(30)15-21)18-5-9-20(10-6-18)33-22-12-14-25(29)27(31)16-22/h3-16,23,30-31H,2,28-29H2,1H3. The van der Waals surface area contributed by atoms with Crippen LogP contribution in [-0.2, 0) is 0 Å². The highest BCUT2D eigenvalue weighted by Crippen LogP contribution is 2.34. The number of nitrogen functional groups attached to an aromatic ring is 2. The van der Waals surface area contributed by atoms with Gasteiger partial charge in [-0.2, -0.15) is 0 Å². The van der Waals surface area contributed by atoms with Crippen LogP contribution in [0.25, 0.3) is 0 Å². The highest BCUT2D eigenvalue weighted by molar-refractivity contribution is 5.56. The maximum atomic E-state index is 9.75. The van der Waals surface area contributed by atoms with Gasteiger partial charge < -0.3 is 31.2 Å². The molecule has 0 saturated heterocycles. The highest BCUT2D eigenvalue weighted by Gasteiger charge is 2.13. The number of hydrogen-bond acceptors (Lipinski definition) is 6. The van der Waals surface area contributed by atoms with Gasteiger partial charge in [0.05, 0.1) is 11.4 Å². The first-order valence-electron chi connectivity index (χ1n) is 10.7. The van der Waals surface area contributed by atoms with E-state index in [4.69, 9.17) is 20.9 Å². The van der Waals surface area contributed by atoms with Crippen LogP contribution in [0.4, 0.5) is 11.4 Å². The number of hydrogen-bond donors (Lipinski definition) is 4. The highest BCUT2D eigenvalue weighted by atomic mass is 16.5. The summed E-state index contributed by atoms with van der Waals surface area (Å²) in [5.41, 5.74) is 14.2. The van der Waals surface area contributed by atoms with Crippen LogP contribution in [0, 0.1) is 0 Å². The molecule has 0 heterocycles. The molecular weight excluding hydrogens is 416 g/mol. The quantitative estimate of drug-likeness (QED) is 0.195. The van der Waals surface area contributed by atoms with Gasteiger partial charge in [0.25, 0.3) is 0 Å². The summed E-state index contributed by atoms with van der Waals surface area (Å²) in [5.74, 6) is 2.60. The number of ether oxygens (including phenoxy) is 2. The summed E-state index contributed by atoms with van der Waals surface area (Å²) in [4.78, 5) is 0. The lowest BCUT2D eigenvalue weighted by molar-refractivity contribution is 0.456. The molecule has 0 unspecified atom stereocenters. The van der Waals surface area contributed by atoms with Gasteiger partial charge in [-0.05, 0) is 66.1 Å². The Hall–Kier alpha value is -4.32. The third-order valence-electron chi connectivity index (χ3n) is 5.45. The predicted molar refractivity (Wildman–Crippen MR) is 130 cm³/mol. The minimum absolute atomic E-state index is 0.00390. The maximum absolute atomic E-state index is 9.75. The van der Waals surface area contributed by atoms with Gasteiger partial charge in [-0.25, -0.2) is 0 Å². The molecule has 0 atom stereocenters. The van der Waals surface area contributed by atoms with Crippen LogP contribution in [-0.4, -0.2) is 10.2 Å².